The summed E-state index contributed by atoms with van der Waals surface area (Å²) in [4.78, 5) is 35.8. The van der Waals surface area contributed by atoms with Gasteiger partial charge in [0.1, 0.15) is 5.75 Å². The Morgan fingerprint density at radius 1 is 1.15 bits per heavy atom. The summed E-state index contributed by atoms with van der Waals surface area (Å²) < 4.78 is 6.94. The molecule has 4 rings (SSSR count). The number of rotatable bonds is 2. The molecule has 3 aromatic rings. The van der Waals surface area contributed by atoms with Gasteiger partial charge >= 0.3 is 5.97 Å². The Hall–Kier alpha value is -3.48. The van der Waals surface area contributed by atoms with Crippen LogP contribution in [0.3, 0.4) is 0 Å². The van der Waals surface area contributed by atoms with Crippen LogP contribution in [0, 0.1) is 10.1 Å². The minimum absolute atomic E-state index is 0.0399. The summed E-state index contributed by atoms with van der Waals surface area (Å²) in [5, 5.41) is 11.8. The lowest BCUT2D eigenvalue weighted by atomic mass is 9.86. The van der Waals surface area contributed by atoms with Crippen LogP contribution in [0.4, 0.5) is 5.69 Å². The summed E-state index contributed by atoms with van der Waals surface area (Å²) >= 11 is 0. The van der Waals surface area contributed by atoms with Gasteiger partial charge in [-0.2, -0.15) is 0 Å². The first-order chi connectivity index (χ1) is 12.5. The van der Waals surface area contributed by atoms with Gasteiger partial charge in [-0.1, -0.05) is 24.3 Å². The van der Waals surface area contributed by atoms with E-state index in [9.17, 15) is 19.7 Å². The van der Waals surface area contributed by atoms with Crippen LogP contribution in [0.1, 0.15) is 23.5 Å². The summed E-state index contributed by atoms with van der Waals surface area (Å²) in [7, 11) is 1.66. The third-order valence-electron chi connectivity index (χ3n) is 4.71. The number of aryl methyl sites for hydroxylation is 1. The molecule has 1 aliphatic rings. The fourth-order valence-electron chi connectivity index (χ4n) is 3.47. The number of nitro benzene ring substituents is 1. The number of para-hydroxylation sites is 1. The fraction of sp³-hybridized carbons (Fsp3) is 0.158. The van der Waals surface area contributed by atoms with Crippen molar-refractivity contribution in [2.45, 2.75) is 12.3 Å². The van der Waals surface area contributed by atoms with Gasteiger partial charge in [0, 0.05) is 30.5 Å². The van der Waals surface area contributed by atoms with Crippen LogP contribution in [0.25, 0.3) is 10.9 Å². The van der Waals surface area contributed by atoms with Gasteiger partial charge in [0.15, 0.2) is 0 Å². The summed E-state index contributed by atoms with van der Waals surface area (Å²) in [5.74, 6) is -0.807. The molecule has 0 saturated heterocycles. The summed E-state index contributed by atoms with van der Waals surface area (Å²) in [5.41, 5.74) is 1.20. The zero-order chi connectivity index (χ0) is 18.4. The van der Waals surface area contributed by atoms with Crippen LogP contribution in [0.2, 0.25) is 0 Å². The van der Waals surface area contributed by atoms with E-state index >= 15 is 0 Å². The lowest BCUT2D eigenvalue weighted by Crippen LogP contribution is -2.31. The van der Waals surface area contributed by atoms with E-state index in [1.807, 2.05) is 0 Å². The zero-order valence-electron chi connectivity index (χ0n) is 13.8. The van der Waals surface area contributed by atoms with Crippen LogP contribution in [0.15, 0.2) is 53.3 Å². The second-order valence-electron chi connectivity index (χ2n) is 6.21. The second-order valence-corrected chi connectivity index (χ2v) is 6.21. The van der Waals surface area contributed by atoms with Crippen molar-refractivity contribution in [1.29, 1.82) is 0 Å². The van der Waals surface area contributed by atoms with Gasteiger partial charge in [-0.3, -0.25) is 19.7 Å². The maximum absolute atomic E-state index is 13.0. The van der Waals surface area contributed by atoms with E-state index < -0.39 is 16.8 Å². The smallest absolute Gasteiger partial charge is 0.312 e. The standard InChI is InChI=1S/C19H14N2O5/c1-20-15-8-3-2-7-13(15)18-17(19(20)23)14(10-16(22)26-18)11-5-4-6-12(9-11)21(24)25/h2-9,14H,10H2,1H3. The van der Waals surface area contributed by atoms with Crippen LogP contribution >= 0.6 is 0 Å². The fourth-order valence-corrected chi connectivity index (χ4v) is 3.47. The highest BCUT2D eigenvalue weighted by Gasteiger charge is 2.34. The topological polar surface area (TPSA) is 91.4 Å². The van der Waals surface area contributed by atoms with Gasteiger partial charge in [-0.25, -0.2) is 0 Å². The second kappa shape index (κ2) is 5.80. The first-order valence-electron chi connectivity index (χ1n) is 8.04. The van der Waals surface area contributed by atoms with E-state index in [-0.39, 0.29) is 23.4 Å². The van der Waals surface area contributed by atoms with E-state index in [0.717, 1.165) is 0 Å². The van der Waals surface area contributed by atoms with E-state index in [4.69, 9.17) is 4.74 Å². The summed E-state index contributed by atoms with van der Waals surface area (Å²) in [6, 6.07) is 13.2. The molecule has 1 aromatic heterocycles. The molecule has 0 spiro atoms. The molecule has 2 heterocycles. The lowest BCUT2D eigenvalue weighted by molar-refractivity contribution is -0.384. The summed E-state index contributed by atoms with van der Waals surface area (Å²) in [6.45, 7) is 0. The van der Waals surface area contributed by atoms with Crippen molar-refractivity contribution in [2.75, 3.05) is 0 Å². The van der Waals surface area contributed by atoms with Gasteiger partial charge in [0.05, 0.1) is 22.4 Å². The van der Waals surface area contributed by atoms with E-state index in [2.05, 4.69) is 0 Å². The molecule has 130 valence electrons. The number of carbonyl (C=O) groups excluding carboxylic acids is 1. The normalized spacial score (nSPS) is 16.2. The maximum atomic E-state index is 13.0. The Labute approximate surface area is 147 Å². The molecule has 0 fully saturated rings. The number of hydrogen-bond acceptors (Lipinski definition) is 5. The number of hydrogen-bond donors (Lipinski definition) is 0. The maximum Gasteiger partial charge on any atom is 0.312 e. The molecular formula is C19H14N2O5. The molecule has 1 atom stereocenters. The molecular weight excluding hydrogens is 336 g/mol. The first-order valence-corrected chi connectivity index (χ1v) is 8.04. The minimum Gasteiger partial charge on any atom is -0.425 e. The van der Waals surface area contributed by atoms with Crippen molar-refractivity contribution in [1.82, 2.24) is 4.57 Å². The Kier molecular flexibility index (Phi) is 3.57. The minimum atomic E-state index is -0.588. The van der Waals surface area contributed by atoms with Crippen molar-refractivity contribution in [3.8, 4) is 5.75 Å². The van der Waals surface area contributed by atoms with E-state index in [1.165, 1.54) is 16.7 Å². The number of nitro groups is 1. The van der Waals surface area contributed by atoms with Crippen molar-refractivity contribution in [2.24, 2.45) is 7.05 Å². The van der Waals surface area contributed by atoms with Crippen LogP contribution in [-0.2, 0) is 11.8 Å². The Morgan fingerprint density at radius 3 is 2.69 bits per heavy atom. The predicted octanol–water partition coefficient (Wildman–Crippen LogP) is 2.89. The monoisotopic (exact) mass is 350 g/mol. The zero-order valence-corrected chi connectivity index (χ0v) is 13.8. The number of carbonyl (C=O) groups is 1. The van der Waals surface area contributed by atoms with Gasteiger partial charge < -0.3 is 9.30 Å². The largest absolute Gasteiger partial charge is 0.425 e. The Morgan fingerprint density at radius 2 is 1.92 bits per heavy atom. The molecule has 1 aliphatic heterocycles. The van der Waals surface area contributed by atoms with Gasteiger partial charge in [0.25, 0.3) is 11.2 Å². The third-order valence-corrected chi connectivity index (χ3v) is 4.71. The quantitative estimate of drug-likeness (QED) is 0.403. The predicted molar refractivity (Wildman–Crippen MR) is 94.4 cm³/mol. The van der Waals surface area contributed by atoms with Crippen LogP contribution in [0.5, 0.6) is 5.75 Å². The van der Waals surface area contributed by atoms with Gasteiger partial charge in [0.2, 0.25) is 0 Å². The highest BCUT2D eigenvalue weighted by atomic mass is 16.6. The number of non-ortho nitro benzene ring substituents is 1. The summed E-state index contributed by atoms with van der Waals surface area (Å²) in [6.07, 6.45) is -0.0399. The van der Waals surface area contributed by atoms with Crippen molar-refractivity contribution in [3.05, 3.63) is 80.1 Å². The number of benzene rings is 2. The molecule has 7 nitrogen and oxygen atoms in total. The molecule has 0 N–H and O–H groups in total. The number of nitrogens with zero attached hydrogens (tertiary/aromatic N) is 2. The highest BCUT2D eigenvalue weighted by molar-refractivity contribution is 5.91. The Balaban J connectivity index is 2.02. The van der Waals surface area contributed by atoms with Crippen molar-refractivity contribution < 1.29 is 14.5 Å². The molecule has 0 aliphatic carbocycles. The highest BCUT2D eigenvalue weighted by Crippen LogP contribution is 2.40. The van der Waals surface area contributed by atoms with Crippen LogP contribution in [-0.4, -0.2) is 15.5 Å². The van der Waals surface area contributed by atoms with Crippen molar-refractivity contribution in [3.63, 3.8) is 0 Å². The van der Waals surface area contributed by atoms with E-state index in [0.29, 0.717) is 22.0 Å². The lowest BCUT2D eigenvalue weighted by Gasteiger charge is -2.26. The molecule has 7 heteroatoms. The van der Waals surface area contributed by atoms with Crippen LogP contribution < -0.4 is 10.3 Å². The number of aromatic nitrogens is 1. The average Bonchev–Trinajstić information content (AvgIpc) is 2.65. The van der Waals surface area contributed by atoms with E-state index in [1.54, 1.807) is 43.4 Å². The van der Waals surface area contributed by atoms with Gasteiger partial charge in [-0.15, -0.1) is 0 Å². The van der Waals surface area contributed by atoms with Gasteiger partial charge in [-0.05, 0) is 17.7 Å². The molecule has 0 saturated carbocycles. The molecule has 0 bridgehead atoms. The number of fused-ring (bicyclic) bond motifs is 3. The third kappa shape index (κ3) is 2.36. The molecule has 0 radical (unpaired) electrons. The number of pyridine rings is 1. The number of esters is 1. The molecule has 26 heavy (non-hydrogen) atoms. The first kappa shape index (κ1) is 16.0. The molecule has 2 aromatic carbocycles. The Bertz CT molecular complexity index is 1130. The SMILES string of the molecule is Cn1c(=O)c2c(c3ccccc31)OC(=O)CC2c1cccc([N+](=O)[O-])c1. The number of ether oxygens (including phenoxy) is 1. The molecule has 0 amide bonds. The molecule has 1 unspecified atom stereocenters. The average molecular weight is 350 g/mol. The van der Waals surface area contributed by atoms with Crippen molar-refractivity contribution >= 4 is 22.6 Å².